The first-order valence-corrected chi connectivity index (χ1v) is 13.1. The third kappa shape index (κ3) is 4.03. The van der Waals surface area contributed by atoms with Gasteiger partial charge in [0.2, 0.25) is 5.16 Å². The van der Waals surface area contributed by atoms with E-state index >= 15 is 0 Å². The van der Waals surface area contributed by atoms with E-state index in [0.29, 0.717) is 16.7 Å². The molecule has 1 aliphatic carbocycles. The number of thioether (sulfide) groups is 1. The smallest absolute Gasteiger partial charge is 0.259 e. The minimum atomic E-state index is -0.0385. The maximum atomic E-state index is 12.8. The second kappa shape index (κ2) is 9.12. The number of hydrogen-bond acceptors (Lipinski definition) is 7. The van der Waals surface area contributed by atoms with E-state index < -0.39 is 0 Å². The molecular formula is C26H21N5OS2. The van der Waals surface area contributed by atoms with Gasteiger partial charge in [0.25, 0.3) is 5.56 Å². The van der Waals surface area contributed by atoms with Crippen LogP contribution < -0.4 is 5.56 Å². The summed E-state index contributed by atoms with van der Waals surface area (Å²) in [6.07, 6.45) is 4.36. The van der Waals surface area contributed by atoms with E-state index in [2.05, 4.69) is 15.2 Å². The molecule has 0 unspecified atom stereocenters. The number of rotatable bonds is 5. The van der Waals surface area contributed by atoms with Gasteiger partial charge in [-0.05, 0) is 31.2 Å². The van der Waals surface area contributed by atoms with Crippen molar-refractivity contribution in [1.82, 2.24) is 25.1 Å². The SMILES string of the molecule is O=c1[nH]c(CSc2nnc(-c3ccccc3)c(-c3ccccc3)n2)nc2sc3c(c12)CCCC3. The monoisotopic (exact) mass is 483 g/mol. The highest BCUT2D eigenvalue weighted by Crippen LogP contribution is 2.34. The van der Waals surface area contributed by atoms with Gasteiger partial charge in [-0.1, -0.05) is 72.4 Å². The summed E-state index contributed by atoms with van der Waals surface area (Å²) >= 11 is 3.09. The van der Waals surface area contributed by atoms with Crippen LogP contribution in [0.5, 0.6) is 0 Å². The number of benzene rings is 2. The molecule has 34 heavy (non-hydrogen) atoms. The van der Waals surface area contributed by atoms with Crippen LogP contribution in [0.15, 0.2) is 70.6 Å². The van der Waals surface area contributed by atoms with E-state index in [-0.39, 0.29) is 5.56 Å². The maximum absolute atomic E-state index is 12.8. The Kier molecular flexibility index (Phi) is 5.68. The molecule has 168 valence electrons. The van der Waals surface area contributed by atoms with Crippen LogP contribution in [-0.2, 0) is 18.6 Å². The molecular weight excluding hydrogens is 462 g/mol. The van der Waals surface area contributed by atoms with Crippen molar-refractivity contribution in [1.29, 1.82) is 0 Å². The van der Waals surface area contributed by atoms with E-state index in [0.717, 1.165) is 52.0 Å². The lowest BCUT2D eigenvalue weighted by Gasteiger charge is -2.10. The summed E-state index contributed by atoms with van der Waals surface area (Å²) in [5.41, 5.74) is 4.64. The van der Waals surface area contributed by atoms with Gasteiger partial charge in [-0.25, -0.2) is 9.97 Å². The zero-order valence-electron chi connectivity index (χ0n) is 18.3. The van der Waals surface area contributed by atoms with Crippen LogP contribution in [-0.4, -0.2) is 25.1 Å². The summed E-state index contributed by atoms with van der Waals surface area (Å²) in [5.74, 6) is 1.10. The first-order chi connectivity index (χ1) is 16.8. The van der Waals surface area contributed by atoms with Crippen LogP contribution in [0.1, 0.15) is 29.1 Å². The summed E-state index contributed by atoms with van der Waals surface area (Å²) in [6.45, 7) is 0. The van der Waals surface area contributed by atoms with Crippen molar-refractivity contribution < 1.29 is 0 Å². The lowest BCUT2D eigenvalue weighted by atomic mass is 9.97. The number of nitrogens with one attached hydrogen (secondary N) is 1. The highest BCUT2D eigenvalue weighted by molar-refractivity contribution is 7.98. The number of nitrogens with zero attached hydrogens (tertiary/aromatic N) is 4. The third-order valence-electron chi connectivity index (χ3n) is 5.97. The Labute approximate surface area is 204 Å². The van der Waals surface area contributed by atoms with E-state index in [1.165, 1.54) is 28.6 Å². The van der Waals surface area contributed by atoms with Gasteiger partial charge in [0.05, 0.1) is 11.1 Å². The molecule has 0 atom stereocenters. The van der Waals surface area contributed by atoms with Crippen molar-refractivity contribution in [3.05, 3.63) is 87.3 Å². The molecule has 0 spiro atoms. The van der Waals surface area contributed by atoms with E-state index in [9.17, 15) is 4.79 Å². The Morgan fingerprint density at radius 2 is 1.56 bits per heavy atom. The molecule has 1 aliphatic rings. The van der Waals surface area contributed by atoms with Gasteiger partial charge < -0.3 is 4.98 Å². The van der Waals surface area contributed by atoms with Gasteiger partial charge >= 0.3 is 0 Å². The minimum Gasteiger partial charge on any atom is -0.309 e. The fourth-order valence-electron chi connectivity index (χ4n) is 4.37. The van der Waals surface area contributed by atoms with E-state index in [4.69, 9.17) is 9.97 Å². The molecule has 0 fully saturated rings. The molecule has 0 aliphatic heterocycles. The van der Waals surface area contributed by atoms with Crippen molar-refractivity contribution in [3.8, 4) is 22.5 Å². The molecule has 0 saturated heterocycles. The molecule has 8 heteroatoms. The Morgan fingerprint density at radius 3 is 2.32 bits per heavy atom. The first-order valence-electron chi connectivity index (χ1n) is 11.3. The molecule has 6 nitrogen and oxygen atoms in total. The maximum Gasteiger partial charge on any atom is 0.259 e. The Bertz CT molecular complexity index is 1530. The number of fused-ring (bicyclic) bond motifs is 3. The van der Waals surface area contributed by atoms with Gasteiger partial charge in [-0.15, -0.1) is 21.5 Å². The molecule has 5 aromatic rings. The quantitative estimate of drug-likeness (QED) is 0.324. The zero-order valence-corrected chi connectivity index (χ0v) is 20.0. The van der Waals surface area contributed by atoms with Crippen LogP contribution in [0.4, 0.5) is 0 Å². The van der Waals surface area contributed by atoms with Crippen LogP contribution >= 0.6 is 23.1 Å². The fraction of sp³-hybridized carbons (Fsp3) is 0.192. The number of aryl methyl sites for hydroxylation is 2. The summed E-state index contributed by atoms with van der Waals surface area (Å²) < 4.78 is 0. The molecule has 3 aromatic heterocycles. The number of aromatic nitrogens is 5. The standard InChI is InChI=1S/C26H21N5OS2/c32-24-21-18-13-7-8-14-19(18)34-25(21)28-20(27-24)15-33-26-29-22(16-9-3-1-4-10-16)23(30-31-26)17-11-5-2-6-12-17/h1-6,9-12H,7-8,13-15H2,(H,27,28,32). The number of thiophene rings is 1. The Balaban J connectivity index is 1.32. The van der Waals surface area contributed by atoms with Crippen molar-refractivity contribution in [2.24, 2.45) is 0 Å². The van der Waals surface area contributed by atoms with Gasteiger partial charge in [-0.2, -0.15) is 0 Å². The largest absolute Gasteiger partial charge is 0.309 e. The molecule has 3 heterocycles. The molecule has 0 bridgehead atoms. The van der Waals surface area contributed by atoms with Crippen LogP contribution in [0.3, 0.4) is 0 Å². The van der Waals surface area contributed by atoms with E-state index in [1.807, 2.05) is 60.7 Å². The van der Waals surface area contributed by atoms with Crippen molar-refractivity contribution in [2.45, 2.75) is 36.6 Å². The molecule has 0 radical (unpaired) electrons. The average molecular weight is 484 g/mol. The number of H-pyrrole nitrogens is 1. The van der Waals surface area contributed by atoms with Gasteiger partial charge in [0.15, 0.2) is 0 Å². The summed E-state index contributed by atoms with van der Waals surface area (Å²) in [6, 6.07) is 20.0. The lowest BCUT2D eigenvalue weighted by molar-refractivity contribution is 0.700. The summed E-state index contributed by atoms with van der Waals surface area (Å²) in [4.78, 5) is 27.6. The zero-order chi connectivity index (χ0) is 22.9. The Hall–Kier alpha value is -3.36. The second-order valence-corrected chi connectivity index (χ2v) is 10.2. The van der Waals surface area contributed by atoms with Gasteiger partial charge in [-0.3, -0.25) is 4.79 Å². The topological polar surface area (TPSA) is 84.4 Å². The van der Waals surface area contributed by atoms with Crippen LogP contribution in [0.25, 0.3) is 32.7 Å². The first kappa shape index (κ1) is 21.2. The summed E-state index contributed by atoms with van der Waals surface area (Å²) in [7, 11) is 0. The molecule has 1 N–H and O–H groups in total. The summed E-state index contributed by atoms with van der Waals surface area (Å²) in [5, 5.41) is 10.2. The van der Waals surface area contributed by atoms with Crippen molar-refractivity contribution >= 4 is 33.3 Å². The lowest BCUT2D eigenvalue weighted by Crippen LogP contribution is -2.12. The molecule has 6 rings (SSSR count). The number of aromatic amines is 1. The molecule has 0 saturated carbocycles. The predicted octanol–water partition coefficient (Wildman–Crippen LogP) is 5.67. The normalized spacial score (nSPS) is 13.2. The number of hydrogen-bond donors (Lipinski definition) is 1. The van der Waals surface area contributed by atoms with E-state index in [1.54, 1.807) is 11.3 Å². The van der Waals surface area contributed by atoms with Gasteiger partial charge in [0.1, 0.15) is 22.0 Å². The second-order valence-electron chi connectivity index (χ2n) is 8.22. The predicted molar refractivity (Wildman–Crippen MR) is 137 cm³/mol. The average Bonchev–Trinajstić information content (AvgIpc) is 3.27. The molecule has 2 aromatic carbocycles. The minimum absolute atomic E-state index is 0.0385. The van der Waals surface area contributed by atoms with Crippen LogP contribution in [0, 0.1) is 0 Å². The molecule has 0 amide bonds. The highest BCUT2D eigenvalue weighted by atomic mass is 32.2. The fourth-order valence-corrected chi connectivity index (χ4v) is 6.31. The highest BCUT2D eigenvalue weighted by Gasteiger charge is 2.20. The Morgan fingerprint density at radius 1 is 0.853 bits per heavy atom. The third-order valence-corrected chi connectivity index (χ3v) is 8.01. The van der Waals surface area contributed by atoms with Crippen LogP contribution in [0.2, 0.25) is 0 Å². The van der Waals surface area contributed by atoms with Gasteiger partial charge in [0, 0.05) is 16.0 Å². The van der Waals surface area contributed by atoms with Crippen molar-refractivity contribution in [2.75, 3.05) is 0 Å². The van der Waals surface area contributed by atoms with Crippen molar-refractivity contribution in [3.63, 3.8) is 0 Å².